The van der Waals surface area contributed by atoms with Crippen molar-refractivity contribution >= 4 is 22.7 Å². The highest BCUT2D eigenvalue weighted by Crippen LogP contribution is 2.23. The van der Waals surface area contributed by atoms with Crippen LogP contribution < -0.4 is 10.3 Å². The molecule has 9 heteroatoms. The molecule has 1 aliphatic heterocycles. The van der Waals surface area contributed by atoms with E-state index in [-0.39, 0.29) is 23.2 Å². The maximum atomic E-state index is 12.7. The van der Waals surface area contributed by atoms with Crippen molar-refractivity contribution in [2.24, 2.45) is 13.0 Å². The highest BCUT2D eigenvalue weighted by atomic mass is 16.5. The number of fused-ring (bicyclic) bond motifs is 1. The molecule has 0 spiro atoms. The standard InChI is InChI=1S/C23H27N5O4/c1-27-22-18(14-24-27)23(31)26-19(25-22)4-3-5-20(29)28-12-10-16(11-13-28)21(30)15-6-8-17(32-2)9-7-15/h6-9,14,16H,3-5,10-13H2,1-2H3,(H,25,26,31). The summed E-state index contributed by atoms with van der Waals surface area (Å²) in [6, 6.07) is 7.17. The van der Waals surface area contributed by atoms with E-state index in [2.05, 4.69) is 15.1 Å². The predicted octanol–water partition coefficient (Wildman–Crippen LogP) is 2.11. The molecule has 1 N–H and O–H groups in total. The summed E-state index contributed by atoms with van der Waals surface area (Å²) in [5, 5.41) is 4.51. The van der Waals surface area contributed by atoms with Crippen LogP contribution in [0.3, 0.4) is 0 Å². The Hall–Kier alpha value is -3.49. The quantitative estimate of drug-likeness (QED) is 0.567. The smallest absolute Gasteiger partial charge is 0.262 e. The van der Waals surface area contributed by atoms with Crippen molar-refractivity contribution in [1.82, 2.24) is 24.6 Å². The molecule has 3 aromatic rings. The summed E-state index contributed by atoms with van der Waals surface area (Å²) in [6.07, 6.45) is 4.32. The van der Waals surface area contributed by atoms with Gasteiger partial charge in [0.2, 0.25) is 5.91 Å². The van der Waals surface area contributed by atoms with Gasteiger partial charge in [0.15, 0.2) is 11.4 Å². The molecule has 0 radical (unpaired) electrons. The molecule has 4 rings (SSSR count). The topological polar surface area (TPSA) is 110 Å². The number of H-pyrrole nitrogens is 1. The van der Waals surface area contributed by atoms with Gasteiger partial charge < -0.3 is 14.6 Å². The summed E-state index contributed by atoms with van der Waals surface area (Å²) in [5.74, 6) is 1.42. The first-order valence-electron chi connectivity index (χ1n) is 10.8. The van der Waals surface area contributed by atoms with Crippen molar-refractivity contribution in [3.8, 4) is 5.75 Å². The molecule has 168 valence electrons. The van der Waals surface area contributed by atoms with Crippen LogP contribution in [0.25, 0.3) is 11.0 Å². The van der Waals surface area contributed by atoms with Crippen LogP contribution >= 0.6 is 0 Å². The lowest BCUT2D eigenvalue weighted by Crippen LogP contribution is -2.40. The van der Waals surface area contributed by atoms with Crippen LogP contribution in [0.2, 0.25) is 0 Å². The molecule has 0 unspecified atom stereocenters. The Morgan fingerprint density at radius 2 is 1.91 bits per heavy atom. The summed E-state index contributed by atoms with van der Waals surface area (Å²) >= 11 is 0. The van der Waals surface area contributed by atoms with E-state index in [4.69, 9.17) is 4.74 Å². The molecular weight excluding hydrogens is 410 g/mol. The lowest BCUT2D eigenvalue weighted by Gasteiger charge is -2.31. The second-order valence-electron chi connectivity index (χ2n) is 8.12. The molecule has 0 saturated carbocycles. The molecule has 9 nitrogen and oxygen atoms in total. The lowest BCUT2D eigenvalue weighted by atomic mass is 9.88. The van der Waals surface area contributed by atoms with Crippen molar-refractivity contribution in [3.05, 3.63) is 52.2 Å². The molecule has 0 aliphatic carbocycles. The number of aromatic nitrogens is 4. The van der Waals surface area contributed by atoms with Crippen LogP contribution in [-0.4, -0.2) is 56.5 Å². The Kier molecular flexibility index (Phi) is 6.34. The number of rotatable bonds is 7. The maximum Gasteiger partial charge on any atom is 0.262 e. The first-order chi connectivity index (χ1) is 15.5. The van der Waals surface area contributed by atoms with Gasteiger partial charge in [-0.25, -0.2) is 4.98 Å². The number of benzene rings is 1. The Balaban J connectivity index is 1.26. The summed E-state index contributed by atoms with van der Waals surface area (Å²) in [5.41, 5.74) is 1.01. The van der Waals surface area contributed by atoms with Gasteiger partial charge in [-0.3, -0.25) is 19.1 Å². The average molecular weight is 438 g/mol. The predicted molar refractivity (Wildman–Crippen MR) is 119 cm³/mol. The number of carbonyl (C=O) groups is 2. The Labute approximate surface area is 185 Å². The third kappa shape index (κ3) is 4.56. The number of aryl methyl sites for hydroxylation is 2. The fraction of sp³-hybridized carbons (Fsp3) is 0.435. The number of methoxy groups -OCH3 is 1. The summed E-state index contributed by atoms with van der Waals surface area (Å²) in [7, 11) is 3.34. The van der Waals surface area contributed by atoms with Gasteiger partial charge >= 0.3 is 0 Å². The van der Waals surface area contributed by atoms with E-state index in [9.17, 15) is 14.4 Å². The van der Waals surface area contributed by atoms with E-state index in [1.165, 1.54) is 6.20 Å². The molecule has 1 fully saturated rings. The van der Waals surface area contributed by atoms with Crippen LogP contribution in [0, 0.1) is 5.92 Å². The van der Waals surface area contributed by atoms with Gasteiger partial charge in [-0.05, 0) is 43.5 Å². The SMILES string of the molecule is COc1ccc(C(=O)C2CCN(C(=O)CCCc3nc4c(cnn4C)c(=O)[nH]3)CC2)cc1. The van der Waals surface area contributed by atoms with Crippen molar-refractivity contribution in [1.29, 1.82) is 0 Å². The number of hydrogen-bond donors (Lipinski definition) is 1. The van der Waals surface area contributed by atoms with Crippen molar-refractivity contribution in [2.45, 2.75) is 32.1 Å². The first kappa shape index (κ1) is 21.7. The number of amides is 1. The van der Waals surface area contributed by atoms with Crippen molar-refractivity contribution in [2.75, 3.05) is 20.2 Å². The molecule has 1 amide bonds. The van der Waals surface area contributed by atoms with Crippen molar-refractivity contribution in [3.63, 3.8) is 0 Å². The normalized spacial score (nSPS) is 14.6. The third-order valence-electron chi connectivity index (χ3n) is 6.05. The number of ether oxygens (including phenoxy) is 1. The summed E-state index contributed by atoms with van der Waals surface area (Å²) < 4.78 is 6.71. The molecule has 1 aromatic carbocycles. The number of Topliss-reactive ketones (excluding diaryl/α,β-unsaturated/α-hetero) is 1. The number of carbonyl (C=O) groups excluding carboxylic acids is 2. The zero-order valence-electron chi connectivity index (χ0n) is 18.3. The fourth-order valence-corrected chi connectivity index (χ4v) is 4.14. The minimum Gasteiger partial charge on any atom is -0.497 e. The Morgan fingerprint density at radius 1 is 1.19 bits per heavy atom. The van der Waals surface area contributed by atoms with E-state index < -0.39 is 0 Å². The van der Waals surface area contributed by atoms with Crippen LogP contribution in [0.1, 0.15) is 41.9 Å². The van der Waals surface area contributed by atoms with Gasteiger partial charge in [0.25, 0.3) is 5.56 Å². The number of ketones is 1. The number of hydrogen-bond acceptors (Lipinski definition) is 6. The third-order valence-corrected chi connectivity index (χ3v) is 6.05. The minimum atomic E-state index is -0.215. The molecular formula is C23H27N5O4. The van der Waals surface area contributed by atoms with E-state index in [0.29, 0.717) is 67.6 Å². The molecule has 1 saturated heterocycles. The molecule has 0 atom stereocenters. The Bertz CT molecular complexity index is 1170. The second-order valence-corrected chi connectivity index (χ2v) is 8.12. The highest BCUT2D eigenvalue weighted by molar-refractivity contribution is 5.98. The fourth-order valence-electron chi connectivity index (χ4n) is 4.14. The van der Waals surface area contributed by atoms with Gasteiger partial charge in [-0.15, -0.1) is 0 Å². The van der Waals surface area contributed by atoms with E-state index in [0.717, 1.165) is 5.75 Å². The zero-order chi connectivity index (χ0) is 22.7. The number of likely N-dealkylation sites (tertiary alicyclic amines) is 1. The molecule has 0 bridgehead atoms. The van der Waals surface area contributed by atoms with E-state index >= 15 is 0 Å². The second kappa shape index (κ2) is 9.33. The molecule has 2 aromatic heterocycles. The van der Waals surface area contributed by atoms with Gasteiger partial charge in [0.05, 0.1) is 13.3 Å². The van der Waals surface area contributed by atoms with Crippen LogP contribution in [0.4, 0.5) is 0 Å². The number of nitrogens with zero attached hydrogens (tertiary/aromatic N) is 4. The summed E-state index contributed by atoms with van der Waals surface area (Å²) in [4.78, 5) is 46.5. The maximum absolute atomic E-state index is 12.7. The van der Waals surface area contributed by atoms with Crippen LogP contribution in [0.15, 0.2) is 35.3 Å². The van der Waals surface area contributed by atoms with Gasteiger partial charge in [0, 0.05) is 44.5 Å². The average Bonchev–Trinajstić information content (AvgIpc) is 3.20. The number of nitrogens with one attached hydrogen (secondary N) is 1. The number of piperidine rings is 1. The van der Waals surface area contributed by atoms with Gasteiger partial charge in [-0.2, -0.15) is 5.10 Å². The monoisotopic (exact) mass is 437 g/mol. The van der Waals surface area contributed by atoms with Crippen molar-refractivity contribution < 1.29 is 14.3 Å². The minimum absolute atomic E-state index is 0.0626. The molecule has 3 heterocycles. The van der Waals surface area contributed by atoms with E-state index in [1.807, 2.05) is 4.90 Å². The van der Waals surface area contributed by atoms with Gasteiger partial charge in [-0.1, -0.05) is 0 Å². The Morgan fingerprint density at radius 3 is 2.59 bits per heavy atom. The molecule has 1 aliphatic rings. The lowest BCUT2D eigenvalue weighted by molar-refractivity contribution is -0.132. The highest BCUT2D eigenvalue weighted by Gasteiger charge is 2.27. The first-order valence-corrected chi connectivity index (χ1v) is 10.8. The van der Waals surface area contributed by atoms with Crippen LogP contribution in [0.5, 0.6) is 5.75 Å². The zero-order valence-corrected chi connectivity index (χ0v) is 18.3. The molecule has 32 heavy (non-hydrogen) atoms. The van der Waals surface area contributed by atoms with Gasteiger partial charge in [0.1, 0.15) is 17.0 Å². The largest absolute Gasteiger partial charge is 0.497 e. The summed E-state index contributed by atoms with van der Waals surface area (Å²) in [6.45, 7) is 1.17. The van der Waals surface area contributed by atoms with Crippen LogP contribution in [-0.2, 0) is 18.3 Å². The number of aromatic amines is 1. The van der Waals surface area contributed by atoms with E-state index in [1.54, 1.807) is 43.1 Å².